The number of hydrogen-bond donors (Lipinski definition) is 1. The monoisotopic (exact) mass is 302 g/mol. The highest BCUT2D eigenvalue weighted by molar-refractivity contribution is 5.93. The van der Waals surface area contributed by atoms with E-state index in [1.165, 1.54) is 6.42 Å². The maximum atomic E-state index is 4.96. The van der Waals surface area contributed by atoms with Crippen molar-refractivity contribution in [1.82, 2.24) is 15.3 Å². The number of rotatable bonds is 2. The van der Waals surface area contributed by atoms with Crippen LogP contribution >= 0.6 is 0 Å². The molecule has 2 bridgehead atoms. The standard InChI is InChI=1S/C19H18N4/c1-2-6-13(7-3-1)18-16-8-4-5-9-17(16)21-19(22-18)23-12-14-10-15(23)11-20-14/h1-9,14-15,20H,10-12H2. The molecule has 2 aromatic carbocycles. The number of hydrogen-bond acceptors (Lipinski definition) is 4. The molecule has 3 heterocycles. The van der Waals surface area contributed by atoms with Gasteiger partial charge in [0, 0.05) is 36.1 Å². The summed E-state index contributed by atoms with van der Waals surface area (Å²) in [7, 11) is 0. The van der Waals surface area contributed by atoms with Crippen molar-refractivity contribution >= 4 is 16.9 Å². The molecule has 4 nitrogen and oxygen atoms in total. The van der Waals surface area contributed by atoms with Crippen LogP contribution in [0.1, 0.15) is 6.42 Å². The molecule has 2 fully saturated rings. The van der Waals surface area contributed by atoms with E-state index in [0.29, 0.717) is 12.1 Å². The van der Waals surface area contributed by atoms with E-state index >= 15 is 0 Å². The molecule has 0 aliphatic carbocycles. The Labute approximate surface area is 135 Å². The minimum absolute atomic E-state index is 0.532. The predicted molar refractivity (Wildman–Crippen MR) is 92.5 cm³/mol. The molecule has 114 valence electrons. The van der Waals surface area contributed by atoms with E-state index in [2.05, 4.69) is 52.7 Å². The van der Waals surface area contributed by atoms with Crippen LogP contribution in [-0.4, -0.2) is 35.1 Å². The fraction of sp³-hybridized carbons (Fsp3) is 0.263. The van der Waals surface area contributed by atoms with Gasteiger partial charge in [0.2, 0.25) is 5.95 Å². The molecule has 2 saturated heterocycles. The van der Waals surface area contributed by atoms with Crippen molar-refractivity contribution in [2.24, 2.45) is 0 Å². The van der Waals surface area contributed by atoms with Crippen LogP contribution in [-0.2, 0) is 0 Å². The van der Waals surface area contributed by atoms with Crippen LogP contribution in [0.5, 0.6) is 0 Å². The molecule has 0 radical (unpaired) electrons. The zero-order valence-electron chi connectivity index (χ0n) is 12.8. The highest BCUT2D eigenvalue weighted by Gasteiger charge is 2.39. The van der Waals surface area contributed by atoms with Crippen LogP contribution in [0.4, 0.5) is 5.95 Å². The number of aromatic nitrogens is 2. The van der Waals surface area contributed by atoms with Crippen LogP contribution < -0.4 is 10.2 Å². The Morgan fingerprint density at radius 3 is 2.57 bits per heavy atom. The molecule has 0 spiro atoms. The fourth-order valence-electron chi connectivity index (χ4n) is 3.81. The van der Waals surface area contributed by atoms with Gasteiger partial charge in [-0.05, 0) is 12.5 Å². The second kappa shape index (κ2) is 5.03. The van der Waals surface area contributed by atoms with Gasteiger partial charge in [0.05, 0.1) is 11.2 Å². The van der Waals surface area contributed by atoms with Crippen molar-refractivity contribution in [3.63, 3.8) is 0 Å². The number of anilines is 1. The molecule has 1 N–H and O–H groups in total. The van der Waals surface area contributed by atoms with Crippen LogP contribution in [0.25, 0.3) is 22.2 Å². The molecule has 3 aromatic rings. The molecule has 5 rings (SSSR count). The Bertz CT molecular complexity index is 862. The van der Waals surface area contributed by atoms with E-state index in [4.69, 9.17) is 9.97 Å². The van der Waals surface area contributed by atoms with Crippen LogP contribution in [0, 0.1) is 0 Å². The number of nitrogens with zero attached hydrogens (tertiary/aromatic N) is 3. The third kappa shape index (κ3) is 2.10. The quantitative estimate of drug-likeness (QED) is 0.790. The van der Waals surface area contributed by atoms with Crippen molar-refractivity contribution in [1.29, 1.82) is 0 Å². The van der Waals surface area contributed by atoms with Gasteiger partial charge in [0.15, 0.2) is 0 Å². The molecule has 23 heavy (non-hydrogen) atoms. The predicted octanol–water partition coefficient (Wildman–Crippen LogP) is 2.85. The first-order chi connectivity index (χ1) is 11.4. The van der Waals surface area contributed by atoms with Crippen molar-refractivity contribution in [3.8, 4) is 11.3 Å². The maximum Gasteiger partial charge on any atom is 0.226 e. The molecular formula is C19H18N4. The van der Waals surface area contributed by atoms with E-state index < -0.39 is 0 Å². The summed E-state index contributed by atoms with van der Waals surface area (Å²) in [5.41, 5.74) is 3.20. The van der Waals surface area contributed by atoms with Gasteiger partial charge in [-0.3, -0.25) is 0 Å². The molecule has 0 saturated carbocycles. The molecule has 2 aliphatic rings. The lowest BCUT2D eigenvalue weighted by Crippen LogP contribution is -2.44. The van der Waals surface area contributed by atoms with E-state index in [9.17, 15) is 0 Å². The lowest BCUT2D eigenvalue weighted by molar-refractivity contribution is 0.572. The van der Waals surface area contributed by atoms with Crippen molar-refractivity contribution in [3.05, 3.63) is 54.6 Å². The molecule has 1 aromatic heterocycles. The smallest absolute Gasteiger partial charge is 0.226 e. The summed E-state index contributed by atoms with van der Waals surface area (Å²) >= 11 is 0. The van der Waals surface area contributed by atoms with Gasteiger partial charge in [0.25, 0.3) is 0 Å². The normalized spacial score (nSPS) is 22.9. The summed E-state index contributed by atoms with van der Waals surface area (Å²) < 4.78 is 0. The lowest BCUT2D eigenvalue weighted by atomic mass is 10.1. The van der Waals surface area contributed by atoms with Gasteiger partial charge in [-0.2, -0.15) is 0 Å². The Balaban J connectivity index is 1.70. The highest BCUT2D eigenvalue weighted by atomic mass is 15.3. The summed E-state index contributed by atoms with van der Waals surface area (Å²) in [5.74, 6) is 0.872. The maximum absolute atomic E-state index is 4.96. The summed E-state index contributed by atoms with van der Waals surface area (Å²) in [4.78, 5) is 12.2. The Hall–Kier alpha value is -2.46. The second-order valence-corrected chi connectivity index (χ2v) is 6.40. The average molecular weight is 302 g/mol. The van der Waals surface area contributed by atoms with E-state index in [0.717, 1.165) is 41.2 Å². The van der Waals surface area contributed by atoms with Gasteiger partial charge in [-0.25, -0.2) is 9.97 Å². The number of fused-ring (bicyclic) bond motifs is 3. The minimum atomic E-state index is 0.532. The Morgan fingerprint density at radius 2 is 1.78 bits per heavy atom. The van der Waals surface area contributed by atoms with Crippen molar-refractivity contribution in [2.45, 2.75) is 18.5 Å². The second-order valence-electron chi connectivity index (χ2n) is 6.40. The third-order valence-corrected chi connectivity index (χ3v) is 4.95. The van der Waals surface area contributed by atoms with E-state index in [1.807, 2.05) is 12.1 Å². The molecule has 2 unspecified atom stereocenters. The lowest BCUT2D eigenvalue weighted by Gasteiger charge is -2.28. The van der Waals surface area contributed by atoms with E-state index in [1.54, 1.807) is 0 Å². The third-order valence-electron chi connectivity index (χ3n) is 4.95. The van der Waals surface area contributed by atoms with Gasteiger partial charge in [-0.15, -0.1) is 0 Å². The Kier molecular flexibility index (Phi) is 2.85. The summed E-state index contributed by atoms with van der Waals surface area (Å²) in [5, 5.41) is 4.66. The van der Waals surface area contributed by atoms with Gasteiger partial charge in [-0.1, -0.05) is 48.5 Å². The summed E-state index contributed by atoms with van der Waals surface area (Å²) in [6, 6.07) is 19.8. The molecule has 2 atom stereocenters. The number of benzene rings is 2. The largest absolute Gasteiger partial charge is 0.335 e. The van der Waals surface area contributed by atoms with Gasteiger partial charge < -0.3 is 10.2 Å². The fourth-order valence-corrected chi connectivity index (χ4v) is 3.81. The van der Waals surface area contributed by atoms with E-state index in [-0.39, 0.29) is 0 Å². The van der Waals surface area contributed by atoms with Crippen molar-refractivity contribution < 1.29 is 0 Å². The van der Waals surface area contributed by atoms with Crippen LogP contribution in [0.3, 0.4) is 0 Å². The summed E-state index contributed by atoms with van der Waals surface area (Å²) in [6.45, 7) is 2.05. The first kappa shape index (κ1) is 13.0. The SMILES string of the molecule is c1ccc(-c2nc(N3CC4CC3CN4)nc3ccccc23)cc1. The number of piperazine rings is 1. The first-order valence-electron chi connectivity index (χ1n) is 8.21. The zero-order valence-corrected chi connectivity index (χ0v) is 12.8. The number of para-hydroxylation sites is 1. The Morgan fingerprint density at radius 1 is 0.957 bits per heavy atom. The van der Waals surface area contributed by atoms with Crippen molar-refractivity contribution in [2.75, 3.05) is 18.0 Å². The highest BCUT2D eigenvalue weighted by Crippen LogP contribution is 2.32. The first-order valence-corrected chi connectivity index (χ1v) is 8.21. The zero-order chi connectivity index (χ0) is 15.2. The topological polar surface area (TPSA) is 41.1 Å². The van der Waals surface area contributed by atoms with Gasteiger partial charge in [0.1, 0.15) is 0 Å². The summed E-state index contributed by atoms with van der Waals surface area (Å²) in [6.07, 6.45) is 1.21. The number of nitrogens with one attached hydrogen (secondary N) is 1. The molecule has 0 amide bonds. The van der Waals surface area contributed by atoms with Gasteiger partial charge >= 0.3 is 0 Å². The minimum Gasteiger partial charge on any atom is -0.335 e. The molecule has 2 aliphatic heterocycles. The molecular weight excluding hydrogens is 284 g/mol. The van der Waals surface area contributed by atoms with Crippen LogP contribution in [0.2, 0.25) is 0 Å². The average Bonchev–Trinajstić information content (AvgIpc) is 3.25. The molecule has 4 heteroatoms. The van der Waals surface area contributed by atoms with Crippen LogP contribution in [0.15, 0.2) is 54.6 Å².